The van der Waals surface area contributed by atoms with Crippen molar-refractivity contribution in [2.45, 2.75) is 10.2 Å². The first-order valence-corrected chi connectivity index (χ1v) is 5.47. The Balaban J connectivity index is 2.37. The number of hydrogen-bond acceptors (Lipinski definition) is 6. The zero-order chi connectivity index (χ0) is 13.1. The maximum Gasteiger partial charge on any atom is 0.251 e. The van der Waals surface area contributed by atoms with E-state index in [-0.39, 0.29) is 21.6 Å². The summed E-state index contributed by atoms with van der Waals surface area (Å²) in [6.45, 7) is 0. The Labute approximate surface area is 104 Å². The second-order valence-corrected chi connectivity index (χ2v) is 4.07. The van der Waals surface area contributed by atoms with Crippen molar-refractivity contribution in [3.05, 3.63) is 40.3 Å². The fraction of sp³-hybridized carbons (Fsp3) is 0. The van der Waals surface area contributed by atoms with Crippen LogP contribution >= 0.6 is 11.8 Å². The Morgan fingerprint density at radius 2 is 2.17 bits per heavy atom. The van der Waals surface area contributed by atoms with Crippen LogP contribution < -0.4 is 16.8 Å². The third-order valence-corrected chi connectivity index (χ3v) is 2.76. The number of aromatic nitrogens is 3. The molecule has 6 nitrogen and oxygen atoms in total. The molecule has 0 saturated heterocycles. The van der Waals surface area contributed by atoms with Crippen LogP contribution in [0.5, 0.6) is 0 Å². The highest BCUT2D eigenvalue weighted by Gasteiger charge is 2.13. The monoisotopic (exact) mass is 271 g/mol. The lowest BCUT2D eigenvalue weighted by molar-refractivity contribution is 0.551. The Morgan fingerprint density at radius 1 is 1.39 bits per heavy atom. The van der Waals surface area contributed by atoms with Crippen LogP contribution in [0.2, 0.25) is 0 Å². The van der Waals surface area contributed by atoms with Gasteiger partial charge in [0.05, 0.1) is 0 Å². The number of nitrogens with one attached hydrogen (secondary N) is 2. The molecule has 2 aromatic heterocycles. The smallest absolute Gasteiger partial charge is 0.251 e. The SMILES string of the molecule is NNc1nc(Sc2nccc(=O)[nH]2)c(F)cc1F. The van der Waals surface area contributed by atoms with Gasteiger partial charge in [0.25, 0.3) is 5.56 Å². The number of hydrazine groups is 1. The molecule has 0 aliphatic carbocycles. The number of hydrogen-bond donors (Lipinski definition) is 3. The van der Waals surface area contributed by atoms with Crippen LogP contribution in [0, 0.1) is 11.6 Å². The van der Waals surface area contributed by atoms with Gasteiger partial charge in [0.1, 0.15) is 5.03 Å². The molecule has 2 rings (SSSR count). The fourth-order valence-electron chi connectivity index (χ4n) is 1.12. The first kappa shape index (κ1) is 12.5. The van der Waals surface area contributed by atoms with E-state index >= 15 is 0 Å². The molecule has 4 N–H and O–H groups in total. The van der Waals surface area contributed by atoms with Crippen molar-refractivity contribution in [2.75, 3.05) is 5.43 Å². The molecular weight excluding hydrogens is 264 g/mol. The van der Waals surface area contributed by atoms with E-state index < -0.39 is 11.6 Å². The normalized spacial score (nSPS) is 10.4. The number of nitrogen functional groups attached to an aromatic ring is 1. The zero-order valence-corrected chi connectivity index (χ0v) is 9.59. The molecule has 18 heavy (non-hydrogen) atoms. The van der Waals surface area contributed by atoms with Crippen LogP contribution in [-0.4, -0.2) is 15.0 Å². The molecule has 0 saturated carbocycles. The molecule has 9 heteroatoms. The number of aromatic amines is 1. The van der Waals surface area contributed by atoms with Crippen molar-refractivity contribution < 1.29 is 8.78 Å². The number of anilines is 1. The van der Waals surface area contributed by atoms with Gasteiger partial charge in [0, 0.05) is 18.3 Å². The van der Waals surface area contributed by atoms with Gasteiger partial charge in [0.15, 0.2) is 22.6 Å². The second kappa shape index (κ2) is 5.10. The average molecular weight is 271 g/mol. The summed E-state index contributed by atoms with van der Waals surface area (Å²) in [5, 5.41) is -0.0119. The summed E-state index contributed by atoms with van der Waals surface area (Å²) < 4.78 is 26.5. The summed E-state index contributed by atoms with van der Waals surface area (Å²) in [6.07, 6.45) is 1.27. The predicted molar refractivity (Wildman–Crippen MR) is 60.9 cm³/mol. The van der Waals surface area contributed by atoms with Gasteiger partial charge in [0.2, 0.25) is 0 Å². The molecule has 0 unspecified atom stereocenters. The number of pyridine rings is 1. The van der Waals surface area contributed by atoms with Crippen molar-refractivity contribution in [2.24, 2.45) is 5.84 Å². The lowest BCUT2D eigenvalue weighted by atomic mass is 10.4. The molecule has 0 fully saturated rings. The van der Waals surface area contributed by atoms with Crippen LogP contribution in [0.4, 0.5) is 14.6 Å². The average Bonchev–Trinajstić information content (AvgIpc) is 2.33. The third kappa shape index (κ3) is 2.63. The molecule has 0 spiro atoms. The maximum absolute atomic E-state index is 13.4. The maximum atomic E-state index is 13.4. The highest BCUT2D eigenvalue weighted by atomic mass is 32.2. The molecule has 0 bridgehead atoms. The highest BCUT2D eigenvalue weighted by molar-refractivity contribution is 7.99. The molecule has 0 atom stereocenters. The summed E-state index contributed by atoms with van der Waals surface area (Å²) in [7, 11) is 0. The fourth-order valence-corrected chi connectivity index (χ4v) is 1.86. The minimum absolute atomic E-state index is 0.142. The van der Waals surface area contributed by atoms with E-state index in [2.05, 4.69) is 15.0 Å². The van der Waals surface area contributed by atoms with E-state index in [1.165, 1.54) is 12.3 Å². The lowest BCUT2D eigenvalue weighted by Crippen LogP contribution is -2.12. The predicted octanol–water partition coefficient (Wildman–Crippen LogP) is 0.880. The van der Waals surface area contributed by atoms with Crippen molar-refractivity contribution in [1.29, 1.82) is 0 Å². The summed E-state index contributed by atoms with van der Waals surface area (Å²) in [5.74, 6) is 2.95. The minimum Gasteiger partial charge on any atom is -0.306 e. The molecule has 0 aliphatic rings. The quantitative estimate of drug-likeness (QED) is 0.435. The molecule has 0 radical (unpaired) electrons. The Bertz CT molecular complexity index is 633. The largest absolute Gasteiger partial charge is 0.306 e. The summed E-state index contributed by atoms with van der Waals surface area (Å²) in [5.41, 5.74) is 1.62. The van der Waals surface area contributed by atoms with Crippen LogP contribution in [0.1, 0.15) is 0 Å². The van der Waals surface area contributed by atoms with Crippen LogP contribution in [-0.2, 0) is 0 Å². The van der Waals surface area contributed by atoms with Gasteiger partial charge in [-0.15, -0.1) is 0 Å². The number of nitrogens with two attached hydrogens (primary N) is 1. The van der Waals surface area contributed by atoms with Crippen molar-refractivity contribution in [1.82, 2.24) is 15.0 Å². The standard InChI is InChI=1S/C9H7F2N5OS/c10-4-3-5(11)8(15-7(4)16-12)18-9-13-2-1-6(17)14-9/h1-3H,12H2,(H,15,16)(H,13,14,17). The summed E-state index contributed by atoms with van der Waals surface area (Å²) in [4.78, 5) is 20.8. The molecule has 0 aromatic carbocycles. The summed E-state index contributed by atoms with van der Waals surface area (Å²) >= 11 is 0.752. The van der Waals surface area contributed by atoms with Gasteiger partial charge in [-0.3, -0.25) is 4.79 Å². The first-order chi connectivity index (χ1) is 8.60. The van der Waals surface area contributed by atoms with E-state index in [1.807, 2.05) is 5.43 Å². The zero-order valence-electron chi connectivity index (χ0n) is 8.78. The van der Waals surface area contributed by atoms with Crippen molar-refractivity contribution >= 4 is 17.6 Å². The molecule has 0 amide bonds. The van der Waals surface area contributed by atoms with Gasteiger partial charge >= 0.3 is 0 Å². The second-order valence-electron chi connectivity index (χ2n) is 3.09. The van der Waals surface area contributed by atoms with Crippen LogP contribution in [0.3, 0.4) is 0 Å². The van der Waals surface area contributed by atoms with E-state index in [1.54, 1.807) is 0 Å². The van der Waals surface area contributed by atoms with E-state index in [0.717, 1.165) is 11.8 Å². The number of rotatable bonds is 3. The van der Waals surface area contributed by atoms with Gasteiger partial charge in [-0.05, 0) is 11.8 Å². The number of H-pyrrole nitrogens is 1. The van der Waals surface area contributed by atoms with Crippen molar-refractivity contribution in [3.8, 4) is 0 Å². The van der Waals surface area contributed by atoms with E-state index in [4.69, 9.17) is 5.84 Å². The summed E-state index contributed by atoms with van der Waals surface area (Å²) in [6, 6.07) is 1.86. The first-order valence-electron chi connectivity index (χ1n) is 4.66. The van der Waals surface area contributed by atoms with E-state index in [9.17, 15) is 13.6 Å². The van der Waals surface area contributed by atoms with E-state index in [0.29, 0.717) is 6.07 Å². The molecule has 2 heterocycles. The van der Waals surface area contributed by atoms with Gasteiger partial charge in [-0.1, -0.05) is 0 Å². The Hall–Kier alpha value is -2.00. The highest BCUT2D eigenvalue weighted by Crippen LogP contribution is 2.27. The lowest BCUT2D eigenvalue weighted by Gasteiger charge is -2.05. The third-order valence-electron chi connectivity index (χ3n) is 1.88. The molecule has 94 valence electrons. The van der Waals surface area contributed by atoms with Gasteiger partial charge in [-0.25, -0.2) is 24.6 Å². The Kier molecular flexibility index (Phi) is 3.53. The molecular formula is C9H7F2N5OS. The molecule has 2 aromatic rings. The topological polar surface area (TPSA) is 96.7 Å². The van der Waals surface area contributed by atoms with Crippen LogP contribution in [0.15, 0.2) is 33.3 Å². The van der Waals surface area contributed by atoms with Gasteiger partial charge < -0.3 is 10.4 Å². The van der Waals surface area contributed by atoms with Crippen molar-refractivity contribution in [3.63, 3.8) is 0 Å². The Morgan fingerprint density at radius 3 is 2.83 bits per heavy atom. The molecule has 0 aliphatic heterocycles. The van der Waals surface area contributed by atoms with Gasteiger partial charge in [-0.2, -0.15) is 0 Å². The number of halogens is 2. The van der Waals surface area contributed by atoms with Crippen LogP contribution in [0.25, 0.3) is 0 Å². The minimum atomic E-state index is -0.908. The number of nitrogens with zero attached hydrogens (tertiary/aromatic N) is 2.